The molecule has 2 heterocycles. The first-order chi connectivity index (χ1) is 14.1. The van der Waals surface area contributed by atoms with Crippen molar-refractivity contribution in [1.82, 2.24) is 20.0 Å². The third kappa shape index (κ3) is 5.33. The Labute approximate surface area is 171 Å². The summed E-state index contributed by atoms with van der Waals surface area (Å²) in [5.74, 6) is -0.0714. The van der Waals surface area contributed by atoms with Gasteiger partial charge in [-0.3, -0.25) is 14.4 Å². The molecule has 0 spiro atoms. The van der Waals surface area contributed by atoms with Gasteiger partial charge in [0.2, 0.25) is 11.8 Å². The summed E-state index contributed by atoms with van der Waals surface area (Å²) < 4.78 is 0. The van der Waals surface area contributed by atoms with Gasteiger partial charge in [-0.1, -0.05) is 18.2 Å². The average Bonchev–Trinajstić information content (AvgIpc) is 3.25. The number of carbonyl (C=O) groups is 3. The molecule has 1 atom stereocenters. The molecule has 2 aliphatic heterocycles. The van der Waals surface area contributed by atoms with E-state index in [0.717, 1.165) is 12.8 Å². The number of hydrogen-bond donors (Lipinski definition) is 1. The van der Waals surface area contributed by atoms with E-state index in [1.54, 1.807) is 26.8 Å². The molecule has 0 bridgehead atoms. The highest BCUT2D eigenvalue weighted by molar-refractivity contribution is 5.94. The van der Waals surface area contributed by atoms with E-state index in [1.165, 1.54) is 0 Å². The van der Waals surface area contributed by atoms with Gasteiger partial charge < -0.3 is 20.0 Å². The minimum Gasteiger partial charge on any atom is -0.339 e. The van der Waals surface area contributed by atoms with Crippen LogP contribution in [0.3, 0.4) is 0 Å². The third-order valence-corrected chi connectivity index (χ3v) is 5.45. The Bertz CT molecular complexity index is 768. The summed E-state index contributed by atoms with van der Waals surface area (Å²) in [7, 11) is 0. The lowest BCUT2D eigenvalue weighted by atomic mass is 10.2. The van der Waals surface area contributed by atoms with Crippen molar-refractivity contribution in [1.29, 1.82) is 5.26 Å². The number of rotatable bonds is 6. The Kier molecular flexibility index (Phi) is 7.19. The number of nitrogens with one attached hydrogen (secondary N) is 1. The average molecular weight is 397 g/mol. The summed E-state index contributed by atoms with van der Waals surface area (Å²) in [6.07, 6.45) is 1.91. The van der Waals surface area contributed by atoms with Crippen LogP contribution < -0.4 is 5.32 Å². The quantitative estimate of drug-likeness (QED) is 0.704. The number of amides is 3. The second-order valence-corrected chi connectivity index (χ2v) is 7.34. The zero-order valence-electron chi connectivity index (χ0n) is 16.5. The van der Waals surface area contributed by atoms with Gasteiger partial charge in [0, 0.05) is 51.3 Å². The summed E-state index contributed by atoms with van der Waals surface area (Å²) in [5, 5.41) is 12.1. The van der Waals surface area contributed by atoms with E-state index in [0.29, 0.717) is 51.3 Å². The summed E-state index contributed by atoms with van der Waals surface area (Å²) >= 11 is 0. The van der Waals surface area contributed by atoms with Crippen LogP contribution in [0.4, 0.5) is 0 Å². The van der Waals surface area contributed by atoms with Gasteiger partial charge in [-0.2, -0.15) is 5.26 Å². The predicted octanol–water partition coefficient (Wildman–Crippen LogP) is 0.465. The van der Waals surface area contributed by atoms with Crippen LogP contribution >= 0.6 is 0 Å². The number of piperazine rings is 1. The van der Waals surface area contributed by atoms with E-state index >= 15 is 0 Å². The number of carbonyl (C=O) groups excluding carboxylic acids is 3. The van der Waals surface area contributed by atoms with Crippen LogP contribution in [-0.2, 0) is 9.59 Å². The van der Waals surface area contributed by atoms with Crippen molar-refractivity contribution in [2.24, 2.45) is 0 Å². The fraction of sp³-hybridized carbons (Fsp3) is 0.524. The van der Waals surface area contributed by atoms with E-state index in [-0.39, 0.29) is 30.3 Å². The van der Waals surface area contributed by atoms with Crippen molar-refractivity contribution in [3.63, 3.8) is 0 Å². The molecular weight excluding hydrogens is 370 g/mol. The summed E-state index contributed by atoms with van der Waals surface area (Å²) in [4.78, 5) is 42.2. The lowest BCUT2D eigenvalue weighted by molar-refractivity contribution is -0.133. The summed E-state index contributed by atoms with van der Waals surface area (Å²) in [6, 6.07) is 11.0. The molecule has 8 heteroatoms. The van der Waals surface area contributed by atoms with E-state index < -0.39 is 0 Å². The number of likely N-dealkylation sites (tertiary alicyclic amines) is 1. The van der Waals surface area contributed by atoms with Gasteiger partial charge in [-0.15, -0.1) is 0 Å². The molecule has 8 nitrogen and oxygen atoms in total. The van der Waals surface area contributed by atoms with Crippen LogP contribution in [0.2, 0.25) is 0 Å². The number of nitrogens with zero attached hydrogens (tertiary/aromatic N) is 4. The lowest BCUT2D eigenvalue weighted by Crippen LogP contribution is -2.51. The SMILES string of the molecule is N#CC1CCCN1C(=O)CNCCC(=O)N1CCN(C(=O)c2ccccc2)CC1. The van der Waals surface area contributed by atoms with E-state index in [4.69, 9.17) is 5.26 Å². The number of nitriles is 1. The Morgan fingerprint density at radius 3 is 2.38 bits per heavy atom. The van der Waals surface area contributed by atoms with Gasteiger partial charge in [0.05, 0.1) is 12.6 Å². The molecule has 1 aromatic rings. The van der Waals surface area contributed by atoms with Crippen LogP contribution in [0.25, 0.3) is 0 Å². The standard InChI is InChI=1S/C21H27N5O3/c22-15-18-7-4-10-26(18)20(28)16-23-9-8-19(27)24-11-13-25(14-12-24)21(29)17-5-2-1-3-6-17/h1-3,5-6,18,23H,4,7-14,16H2. The van der Waals surface area contributed by atoms with Crippen molar-refractivity contribution in [2.45, 2.75) is 25.3 Å². The third-order valence-electron chi connectivity index (χ3n) is 5.45. The Morgan fingerprint density at radius 1 is 1.00 bits per heavy atom. The van der Waals surface area contributed by atoms with Gasteiger partial charge in [-0.05, 0) is 25.0 Å². The number of benzene rings is 1. The monoisotopic (exact) mass is 397 g/mol. The molecule has 0 saturated carbocycles. The molecular formula is C21H27N5O3. The first-order valence-corrected chi connectivity index (χ1v) is 10.1. The topological polar surface area (TPSA) is 96.8 Å². The second-order valence-electron chi connectivity index (χ2n) is 7.34. The van der Waals surface area contributed by atoms with E-state index in [2.05, 4.69) is 11.4 Å². The molecule has 2 aliphatic rings. The van der Waals surface area contributed by atoms with Crippen LogP contribution in [0.15, 0.2) is 30.3 Å². The van der Waals surface area contributed by atoms with Crippen molar-refractivity contribution in [3.05, 3.63) is 35.9 Å². The lowest BCUT2D eigenvalue weighted by Gasteiger charge is -2.35. The maximum Gasteiger partial charge on any atom is 0.253 e. The van der Waals surface area contributed by atoms with Gasteiger partial charge in [0.25, 0.3) is 5.91 Å². The molecule has 2 fully saturated rings. The molecule has 1 unspecified atom stereocenters. The molecule has 1 N–H and O–H groups in total. The largest absolute Gasteiger partial charge is 0.339 e. The second kappa shape index (κ2) is 10.0. The minimum atomic E-state index is -0.319. The first kappa shape index (κ1) is 20.8. The summed E-state index contributed by atoms with van der Waals surface area (Å²) in [5.41, 5.74) is 0.665. The van der Waals surface area contributed by atoms with Gasteiger partial charge >= 0.3 is 0 Å². The van der Waals surface area contributed by atoms with Crippen molar-refractivity contribution in [2.75, 3.05) is 45.8 Å². The van der Waals surface area contributed by atoms with Crippen molar-refractivity contribution >= 4 is 17.7 Å². The number of hydrogen-bond acceptors (Lipinski definition) is 5. The smallest absolute Gasteiger partial charge is 0.253 e. The Balaban J connectivity index is 1.34. The molecule has 0 aliphatic carbocycles. The minimum absolute atomic E-state index is 0.00420. The predicted molar refractivity (Wildman–Crippen MR) is 107 cm³/mol. The first-order valence-electron chi connectivity index (χ1n) is 10.1. The normalized spacial score (nSPS) is 19.1. The van der Waals surface area contributed by atoms with Crippen LogP contribution in [-0.4, -0.2) is 84.3 Å². The Hall–Kier alpha value is -2.92. The molecule has 1 aromatic carbocycles. The molecule has 154 valence electrons. The zero-order valence-corrected chi connectivity index (χ0v) is 16.5. The molecule has 2 saturated heterocycles. The van der Waals surface area contributed by atoms with E-state index in [9.17, 15) is 14.4 Å². The van der Waals surface area contributed by atoms with Gasteiger partial charge in [-0.25, -0.2) is 0 Å². The molecule has 29 heavy (non-hydrogen) atoms. The summed E-state index contributed by atoms with van der Waals surface area (Å²) in [6.45, 7) is 3.28. The van der Waals surface area contributed by atoms with Crippen molar-refractivity contribution in [3.8, 4) is 6.07 Å². The van der Waals surface area contributed by atoms with E-state index in [1.807, 2.05) is 18.2 Å². The van der Waals surface area contributed by atoms with Gasteiger partial charge in [0.1, 0.15) is 6.04 Å². The zero-order chi connectivity index (χ0) is 20.6. The van der Waals surface area contributed by atoms with Crippen molar-refractivity contribution < 1.29 is 14.4 Å². The highest BCUT2D eigenvalue weighted by Gasteiger charge is 2.28. The van der Waals surface area contributed by atoms with Crippen LogP contribution in [0.5, 0.6) is 0 Å². The molecule has 0 radical (unpaired) electrons. The van der Waals surface area contributed by atoms with Crippen LogP contribution in [0.1, 0.15) is 29.6 Å². The molecule has 0 aromatic heterocycles. The maximum absolute atomic E-state index is 12.5. The molecule has 3 amide bonds. The fourth-order valence-corrected chi connectivity index (χ4v) is 3.77. The van der Waals surface area contributed by atoms with Gasteiger partial charge in [0.15, 0.2) is 0 Å². The van der Waals surface area contributed by atoms with Crippen LogP contribution in [0, 0.1) is 11.3 Å². The highest BCUT2D eigenvalue weighted by Crippen LogP contribution is 2.16. The highest BCUT2D eigenvalue weighted by atomic mass is 16.2. The Morgan fingerprint density at radius 2 is 1.69 bits per heavy atom. The molecule has 3 rings (SSSR count). The maximum atomic E-state index is 12.5. The fourth-order valence-electron chi connectivity index (χ4n) is 3.77.